The van der Waals surface area contributed by atoms with Gasteiger partial charge < -0.3 is 35.4 Å². The van der Waals surface area contributed by atoms with Gasteiger partial charge in [0.15, 0.2) is 0 Å². The van der Waals surface area contributed by atoms with Crippen LogP contribution in [-0.2, 0) is 25.7 Å². The number of nitrogens with zero attached hydrogens (tertiary/aromatic N) is 2. The number of carboxylic acids is 1. The van der Waals surface area contributed by atoms with Gasteiger partial charge in [0.1, 0.15) is 19.3 Å². The molecule has 1 fully saturated rings. The summed E-state index contributed by atoms with van der Waals surface area (Å²) in [6, 6.07) is 24.7. The third-order valence-corrected chi connectivity index (χ3v) is 7.47. The van der Waals surface area contributed by atoms with Crippen molar-refractivity contribution in [2.24, 2.45) is 5.73 Å². The molecule has 0 saturated carbocycles. The maximum atomic E-state index is 13.1. The van der Waals surface area contributed by atoms with Crippen LogP contribution in [0.5, 0.6) is 0 Å². The highest BCUT2D eigenvalue weighted by Crippen LogP contribution is 2.44. The maximum absolute atomic E-state index is 13.1. The van der Waals surface area contributed by atoms with E-state index in [1.165, 1.54) is 0 Å². The predicted molar refractivity (Wildman–Crippen MR) is 160 cm³/mol. The molecule has 2 aliphatic rings. The Hall–Kier alpha value is -5.11. The van der Waals surface area contributed by atoms with Crippen LogP contribution in [0.2, 0.25) is 0 Å². The molecule has 11 nitrogen and oxygen atoms in total. The minimum absolute atomic E-state index is 0.0671. The summed E-state index contributed by atoms with van der Waals surface area (Å²) in [5, 5.41) is 9.75. The van der Waals surface area contributed by atoms with E-state index in [9.17, 15) is 27.6 Å². The molecule has 3 amide bonds. The number of halogens is 3. The normalized spacial score (nSPS) is 14.6. The summed E-state index contributed by atoms with van der Waals surface area (Å²) in [6.45, 7) is 1.59. The Morgan fingerprint density at radius 2 is 1.33 bits per heavy atom. The third kappa shape index (κ3) is 8.53. The lowest BCUT2D eigenvalue weighted by molar-refractivity contribution is -0.192. The Bertz CT molecular complexity index is 1480. The topological polar surface area (TPSA) is 151 Å². The molecule has 5 rings (SSSR count). The molecular weight excluding hydrogens is 609 g/mol. The van der Waals surface area contributed by atoms with E-state index < -0.39 is 30.4 Å². The zero-order valence-electron chi connectivity index (χ0n) is 24.6. The highest BCUT2D eigenvalue weighted by molar-refractivity contribution is 5.86. The second-order valence-electron chi connectivity index (χ2n) is 10.4. The molecule has 1 atom stereocenters. The van der Waals surface area contributed by atoms with Gasteiger partial charge in [0.2, 0.25) is 5.91 Å². The number of nitrogens with two attached hydrogens (primary N) is 1. The van der Waals surface area contributed by atoms with Crippen molar-refractivity contribution >= 4 is 24.1 Å². The van der Waals surface area contributed by atoms with Gasteiger partial charge in [-0.05, 0) is 27.8 Å². The number of carbonyl (C=O) groups is 4. The Balaban J connectivity index is 0.000000617. The average molecular weight is 643 g/mol. The number of benzene rings is 3. The number of piperazine rings is 1. The van der Waals surface area contributed by atoms with E-state index in [1.54, 1.807) is 9.80 Å². The van der Waals surface area contributed by atoms with Crippen molar-refractivity contribution in [1.82, 2.24) is 15.1 Å². The first-order chi connectivity index (χ1) is 22.0. The highest BCUT2D eigenvalue weighted by Gasteiger charge is 2.38. The Morgan fingerprint density at radius 1 is 0.826 bits per heavy atom. The number of carbonyl (C=O) groups excluding carboxylic acids is 3. The van der Waals surface area contributed by atoms with E-state index >= 15 is 0 Å². The fourth-order valence-corrected chi connectivity index (χ4v) is 5.14. The van der Waals surface area contributed by atoms with Crippen LogP contribution in [0.1, 0.15) is 22.6 Å². The molecule has 0 bridgehead atoms. The van der Waals surface area contributed by atoms with Crippen LogP contribution >= 0.6 is 0 Å². The lowest BCUT2D eigenvalue weighted by atomic mass is 9.98. The van der Waals surface area contributed by atoms with Crippen LogP contribution in [0.4, 0.5) is 22.8 Å². The first kappa shape index (κ1) is 33.8. The molecule has 1 heterocycles. The van der Waals surface area contributed by atoms with Crippen molar-refractivity contribution in [3.63, 3.8) is 0 Å². The van der Waals surface area contributed by atoms with E-state index in [1.807, 2.05) is 66.7 Å². The largest absolute Gasteiger partial charge is 0.490 e. The summed E-state index contributed by atoms with van der Waals surface area (Å²) in [4.78, 5) is 50.3. The predicted octanol–water partition coefficient (Wildman–Crippen LogP) is 3.97. The number of fused-ring (bicyclic) bond motifs is 3. The fraction of sp³-hybridized carbons (Fsp3) is 0.312. The summed E-state index contributed by atoms with van der Waals surface area (Å²) in [6.07, 6.45) is -6.19. The second-order valence-corrected chi connectivity index (χ2v) is 10.4. The molecule has 3 aromatic rings. The smallest absolute Gasteiger partial charge is 0.475 e. The Kier molecular flexibility index (Phi) is 11.2. The minimum atomic E-state index is -5.08. The van der Waals surface area contributed by atoms with E-state index in [-0.39, 0.29) is 31.6 Å². The van der Waals surface area contributed by atoms with E-state index in [4.69, 9.17) is 25.1 Å². The quantitative estimate of drug-likeness (QED) is 0.350. The molecule has 14 heteroatoms. The lowest BCUT2D eigenvalue weighted by Gasteiger charge is -2.35. The van der Waals surface area contributed by atoms with Gasteiger partial charge >= 0.3 is 24.3 Å². The van der Waals surface area contributed by atoms with Gasteiger partial charge in [-0.2, -0.15) is 13.2 Å². The minimum Gasteiger partial charge on any atom is -0.475 e. The van der Waals surface area contributed by atoms with Crippen molar-refractivity contribution in [1.29, 1.82) is 0 Å². The molecule has 1 aliphatic heterocycles. The summed E-state index contributed by atoms with van der Waals surface area (Å²) in [5.74, 6) is -3.14. The monoisotopic (exact) mass is 642 g/mol. The van der Waals surface area contributed by atoms with Gasteiger partial charge in [-0.3, -0.25) is 4.79 Å². The van der Waals surface area contributed by atoms with E-state index in [0.29, 0.717) is 26.2 Å². The van der Waals surface area contributed by atoms with Gasteiger partial charge in [-0.1, -0.05) is 78.9 Å². The van der Waals surface area contributed by atoms with Gasteiger partial charge in [0, 0.05) is 38.6 Å². The van der Waals surface area contributed by atoms with Crippen LogP contribution in [0.15, 0.2) is 78.9 Å². The number of carboxylic acid groups (broad SMARTS) is 1. The average Bonchev–Trinajstić information content (AvgIpc) is 3.38. The molecule has 3 aromatic carbocycles. The number of nitrogens with one attached hydrogen (secondary N) is 1. The first-order valence-electron chi connectivity index (χ1n) is 14.4. The first-order valence-corrected chi connectivity index (χ1v) is 14.4. The Labute approximate surface area is 262 Å². The summed E-state index contributed by atoms with van der Waals surface area (Å²) in [7, 11) is 0. The zero-order chi connectivity index (χ0) is 33.3. The van der Waals surface area contributed by atoms with Crippen molar-refractivity contribution in [2.45, 2.75) is 24.7 Å². The number of ether oxygens (including phenoxy) is 2. The highest BCUT2D eigenvalue weighted by atomic mass is 19.4. The molecule has 1 saturated heterocycles. The second kappa shape index (κ2) is 15.3. The van der Waals surface area contributed by atoms with E-state index in [2.05, 4.69) is 17.4 Å². The molecule has 244 valence electrons. The van der Waals surface area contributed by atoms with Gasteiger partial charge in [-0.25, -0.2) is 14.4 Å². The van der Waals surface area contributed by atoms with Gasteiger partial charge in [-0.15, -0.1) is 0 Å². The molecule has 0 radical (unpaired) electrons. The van der Waals surface area contributed by atoms with E-state index in [0.717, 1.165) is 27.8 Å². The molecule has 0 aromatic heterocycles. The van der Waals surface area contributed by atoms with Crippen molar-refractivity contribution in [2.75, 3.05) is 39.3 Å². The molecule has 1 aliphatic carbocycles. The van der Waals surface area contributed by atoms with Crippen molar-refractivity contribution in [3.8, 4) is 11.1 Å². The summed E-state index contributed by atoms with van der Waals surface area (Å²) >= 11 is 0. The van der Waals surface area contributed by atoms with Gasteiger partial charge in [0.25, 0.3) is 0 Å². The zero-order valence-corrected chi connectivity index (χ0v) is 24.6. The summed E-state index contributed by atoms with van der Waals surface area (Å²) < 4.78 is 42.7. The van der Waals surface area contributed by atoms with Crippen LogP contribution in [0.3, 0.4) is 0 Å². The number of aliphatic carboxylic acids is 1. The SMILES string of the molecule is NC[C@H](NC(=O)OCC1c2ccccc2-c2ccccc21)C(=O)N1CCN(C(=O)OCc2ccccc2)CC1.O=C(O)C(F)(F)F. The lowest BCUT2D eigenvalue weighted by Crippen LogP contribution is -2.57. The number of hydrogen-bond acceptors (Lipinski definition) is 7. The number of alkyl halides is 3. The number of hydrogen-bond donors (Lipinski definition) is 3. The Morgan fingerprint density at radius 3 is 1.85 bits per heavy atom. The van der Waals surface area contributed by atoms with Crippen molar-refractivity contribution < 1.29 is 46.9 Å². The molecule has 4 N–H and O–H groups in total. The number of alkyl carbamates (subject to hydrolysis) is 1. The van der Waals surface area contributed by atoms with Gasteiger partial charge in [0.05, 0.1) is 0 Å². The summed E-state index contributed by atoms with van der Waals surface area (Å²) in [5.41, 5.74) is 11.2. The van der Waals surface area contributed by atoms with Crippen LogP contribution < -0.4 is 11.1 Å². The number of amides is 3. The van der Waals surface area contributed by atoms with Crippen LogP contribution in [0.25, 0.3) is 11.1 Å². The maximum Gasteiger partial charge on any atom is 0.490 e. The molecule has 46 heavy (non-hydrogen) atoms. The number of rotatable bonds is 7. The molecule has 0 unspecified atom stereocenters. The molecular formula is C32H33F3N4O7. The fourth-order valence-electron chi connectivity index (χ4n) is 5.14. The third-order valence-electron chi connectivity index (χ3n) is 7.47. The van der Waals surface area contributed by atoms with Crippen LogP contribution in [-0.4, -0.2) is 90.5 Å². The molecule has 0 spiro atoms. The standard InChI is InChI=1S/C30H32N4O5.C2HF3O2/c31-18-27(28(35)33-14-16-34(17-15-33)30(37)39-19-21-8-2-1-3-9-21)32-29(36)38-20-26-24-12-6-4-10-22(24)23-11-5-7-13-25(23)26;3-2(4,5)1(6)7/h1-13,26-27H,14-20,31H2,(H,32,36);(H,6,7)/t27-;/m0./s1. The van der Waals surface area contributed by atoms with Crippen LogP contribution in [0, 0.1) is 0 Å². The van der Waals surface area contributed by atoms with Crippen molar-refractivity contribution in [3.05, 3.63) is 95.6 Å².